The van der Waals surface area contributed by atoms with Crippen molar-refractivity contribution in [1.82, 2.24) is 9.96 Å². The SMILES string of the molecule is CC(F)(F)[C@@]12CC[C@@H]3CN1C(=O)N3OS(=O)(=O)O2. The summed E-state index contributed by atoms with van der Waals surface area (Å²) in [5, 5.41) is 0.607. The fourth-order valence-electron chi connectivity index (χ4n) is 2.64. The van der Waals surface area contributed by atoms with Crippen LogP contribution in [0, 0.1) is 0 Å². The summed E-state index contributed by atoms with van der Waals surface area (Å²) in [5.74, 6) is -3.52. The lowest BCUT2D eigenvalue weighted by molar-refractivity contribution is -0.230. The molecule has 3 heterocycles. The molecule has 3 fully saturated rings. The van der Waals surface area contributed by atoms with E-state index in [-0.39, 0.29) is 19.4 Å². The van der Waals surface area contributed by atoms with Gasteiger partial charge in [0, 0.05) is 19.9 Å². The minimum absolute atomic E-state index is 0.0300. The van der Waals surface area contributed by atoms with Crippen molar-refractivity contribution in [2.24, 2.45) is 0 Å². The Morgan fingerprint density at radius 3 is 2.78 bits per heavy atom. The number of rotatable bonds is 1. The zero-order valence-corrected chi connectivity index (χ0v) is 10.1. The predicted octanol–water partition coefficient (Wildman–Crippen LogP) is 0.445. The first-order valence-electron chi connectivity index (χ1n) is 5.30. The average molecular weight is 284 g/mol. The number of piperidine rings is 1. The maximum atomic E-state index is 13.8. The highest BCUT2D eigenvalue weighted by atomic mass is 32.3. The molecule has 3 rings (SSSR count). The lowest BCUT2D eigenvalue weighted by atomic mass is 9.92. The van der Waals surface area contributed by atoms with Crippen LogP contribution in [0.2, 0.25) is 0 Å². The quantitative estimate of drug-likeness (QED) is 0.698. The van der Waals surface area contributed by atoms with Gasteiger partial charge in [-0.25, -0.2) is 17.8 Å². The second kappa shape index (κ2) is 3.11. The molecular formula is C8H10F2N2O5S. The van der Waals surface area contributed by atoms with E-state index >= 15 is 0 Å². The van der Waals surface area contributed by atoms with Crippen molar-refractivity contribution in [2.75, 3.05) is 6.54 Å². The molecule has 0 unspecified atom stereocenters. The number of urea groups is 1. The summed E-state index contributed by atoms with van der Waals surface area (Å²) in [6, 6.07) is -1.44. The first-order valence-corrected chi connectivity index (χ1v) is 6.63. The van der Waals surface area contributed by atoms with Crippen LogP contribution in [0.3, 0.4) is 0 Å². The molecule has 0 aromatic heterocycles. The van der Waals surface area contributed by atoms with Gasteiger partial charge in [-0.3, -0.25) is 4.90 Å². The minimum atomic E-state index is -4.67. The van der Waals surface area contributed by atoms with Gasteiger partial charge < -0.3 is 0 Å². The first-order chi connectivity index (χ1) is 8.16. The fraction of sp³-hybridized carbons (Fsp3) is 0.875. The number of hydrogen-bond donors (Lipinski definition) is 0. The van der Waals surface area contributed by atoms with Gasteiger partial charge in [-0.15, -0.1) is 4.28 Å². The van der Waals surface area contributed by atoms with Crippen molar-refractivity contribution >= 4 is 16.4 Å². The number of hydrogen-bond acceptors (Lipinski definition) is 5. The Morgan fingerprint density at radius 1 is 1.50 bits per heavy atom. The smallest absolute Gasteiger partial charge is 0.286 e. The standard InChI is InChI=1S/C8H10F2N2O5S/c1-7(9,10)8-3-2-5-4-11(8)6(13)12(5)17-18(14,15)16-8/h5H,2-4H2,1H3/t5-,8+/m1/s1. The second-order valence-corrected chi connectivity index (χ2v) is 5.78. The molecular weight excluding hydrogens is 274 g/mol. The van der Waals surface area contributed by atoms with Crippen molar-refractivity contribution in [1.29, 1.82) is 0 Å². The van der Waals surface area contributed by atoms with Crippen LogP contribution in [0.4, 0.5) is 13.6 Å². The molecule has 0 N–H and O–H groups in total. The van der Waals surface area contributed by atoms with Crippen LogP contribution in [-0.4, -0.2) is 48.6 Å². The molecule has 3 bridgehead atoms. The average Bonchev–Trinajstić information content (AvgIpc) is 2.39. The topological polar surface area (TPSA) is 76.2 Å². The number of carbonyl (C=O) groups excluding carboxylic acids is 1. The van der Waals surface area contributed by atoms with E-state index in [1.807, 2.05) is 0 Å². The maximum Gasteiger partial charge on any atom is 0.423 e. The predicted molar refractivity (Wildman–Crippen MR) is 51.4 cm³/mol. The third-order valence-corrected chi connectivity index (χ3v) is 4.32. The highest BCUT2D eigenvalue weighted by molar-refractivity contribution is 7.81. The molecule has 18 heavy (non-hydrogen) atoms. The highest BCUT2D eigenvalue weighted by Crippen LogP contribution is 2.49. The van der Waals surface area contributed by atoms with Crippen LogP contribution in [0.1, 0.15) is 19.8 Å². The van der Waals surface area contributed by atoms with Crippen LogP contribution < -0.4 is 0 Å². The molecule has 0 aromatic carbocycles. The molecule has 3 aliphatic heterocycles. The van der Waals surface area contributed by atoms with Crippen molar-refractivity contribution in [3.8, 4) is 0 Å². The molecule has 3 saturated heterocycles. The van der Waals surface area contributed by atoms with E-state index in [1.165, 1.54) is 0 Å². The molecule has 2 atom stereocenters. The van der Waals surface area contributed by atoms with E-state index in [4.69, 9.17) is 0 Å². The van der Waals surface area contributed by atoms with E-state index in [0.29, 0.717) is 12.0 Å². The maximum absolute atomic E-state index is 13.8. The van der Waals surface area contributed by atoms with Gasteiger partial charge in [0.05, 0.1) is 6.04 Å². The van der Waals surface area contributed by atoms with Gasteiger partial charge in [0.1, 0.15) is 0 Å². The lowest BCUT2D eigenvalue weighted by Crippen LogP contribution is -2.63. The molecule has 102 valence electrons. The molecule has 0 aliphatic carbocycles. The van der Waals surface area contributed by atoms with Crippen molar-refractivity contribution < 1.29 is 30.5 Å². The molecule has 0 spiro atoms. The first kappa shape index (κ1) is 12.1. The third-order valence-electron chi connectivity index (χ3n) is 3.49. The van der Waals surface area contributed by atoms with Crippen LogP contribution in [0.5, 0.6) is 0 Å². The summed E-state index contributed by atoms with van der Waals surface area (Å²) < 4.78 is 59.4. The van der Waals surface area contributed by atoms with Gasteiger partial charge in [0.15, 0.2) is 0 Å². The van der Waals surface area contributed by atoms with Gasteiger partial charge in [-0.1, -0.05) is 0 Å². The Balaban J connectivity index is 2.20. The zero-order valence-electron chi connectivity index (χ0n) is 9.30. The monoisotopic (exact) mass is 284 g/mol. The Hall–Kier alpha value is -1.00. The number of carbonyl (C=O) groups is 1. The Bertz CT molecular complexity index is 518. The van der Waals surface area contributed by atoms with Gasteiger partial charge in [0.2, 0.25) is 5.72 Å². The zero-order chi connectivity index (χ0) is 13.3. The van der Waals surface area contributed by atoms with Gasteiger partial charge in [-0.2, -0.15) is 13.5 Å². The van der Waals surface area contributed by atoms with E-state index in [0.717, 1.165) is 4.90 Å². The van der Waals surface area contributed by atoms with Gasteiger partial charge >= 0.3 is 16.4 Å². The molecule has 2 amide bonds. The van der Waals surface area contributed by atoms with Crippen molar-refractivity contribution in [3.05, 3.63) is 0 Å². The number of nitrogens with zero attached hydrogens (tertiary/aromatic N) is 2. The van der Waals surface area contributed by atoms with Crippen molar-refractivity contribution in [2.45, 2.75) is 37.5 Å². The molecule has 3 aliphatic rings. The largest absolute Gasteiger partial charge is 0.423 e. The number of amides is 2. The van der Waals surface area contributed by atoms with Gasteiger partial charge in [-0.05, 0) is 6.42 Å². The number of halogens is 2. The van der Waals surface area contributed by atoms with Crippen LogP contribution in [0.25, 0.3) is 0 Å². The lowest BCUT2D eigenvalue weighted by Gasteiger charge is -2.45. The molecule has 0 saturated carbocycles. The molecule has 0 radical (unpaired) electrons. The van der Waals surface area contributed by atoms with Crippen LogP contribution >= 0.6 is 0 Å². The summed E-state index contributed by atoms with van der Waals surface area (Å²) in [6.45, 7) is 0.502. The normalized spacial score (nSPS) is 38.2. The minimum Gasteiger partial charge on any atom is -0.286 e. The van der Waals surface area contributed by atoms with E-state index in [9.17, 15) is 22.0 Å². The second-order valence-electron chi connectivity index (χ2n) is 4.65. The Labute approximate surface area is 102 Å². The molecule has 0 aromatic rings. The summed E-state index contributed by atoms with van der Waals surface area (Å²) in [4.78, 5) is 12.6. The number of hydroxylamine groups is 2. The van der Waals surface area contributed by atoms with Crippen LogP contribution in [0.15, 0.2) is 0 Å². The Morgan fingerprint density at radius 2 is 2.17 bits per heavy atom. The van der Waals surface area contributed by atoms with Crippen LogP contribution in [-0.2, 0) is 18.9 Å². The molecule has 10 heteroatoms. The number of fused-ring (bicyclic) bond motifs is 3. The van der Waals surface area contributed by atoms with E-state index < -0.39 is 34.1 Å². The fourth-order valence-corrected chi connectivity index (χ4v) is 3.71. The van der Waals surface area contributed by atoms with Crippen molar-refractivity contribution in [3.63, 3.8) is 0 Å². The summed E-state index contributed by atoms with van der Waals surface area (Å²) >= 11 is 0. The molecule has 7 nitrogen and oxygen atoms in total. The third kappa shape index (κ3) is 1.33. The number of alkyl halides is 2. The Kier molecular flexibility index (Phi) is 2.09. The summed E-state index contributed by atoms with van der Waals surface area (Å²) in [6.07, 6.45) is -0.0623. The highest BCUT2D eigenvalue weighted by Gasteiger charge is 2.68. The van der Waals surface area contributed by atoms with E-state index in [2.05, 4.69) is 8.47 Å². The summed E-state index contributed by atoms with van der Waals surface area (Å²) in [7, 11) is -4.67. The summed E-state index contributed by atoms with van der Waals surface area (Å²) in [5.41, 5.74) is -2.48. The van der Waals surface area contributed by atoms with Gasteiger partial charge in [0.25, 0.3) is 5.92 Å². The van der Waals surface area contributed by atoms with E-state index in [1.54, 1.807) is 0 Å².